The van der Waals surface area contributed by atoms with Crippen LogP contribution in [0, 0.1) is 0 Å². The fourth-order valence-electron chi connectivity index (χ4n) is 1.25. The van der Waals surface area contributed by atoms with Crippen molar-refractivity contribution < 1.29 is 4.74 Å². The summed E-state index contributed by atoms with van der Waals surface area (Å²) in [5.74, 6) is 0.933. The van der Waals surface area contributed by atoms with Gasteiger partial charge in [0.1, 0.15) is 12.6 Å². The topological polar surface area (TPSA) is 24.8 Å². The Hall–Kier alpha value is -0.873. The summed E-state index contributed by atoms with van der Waals surface area (Å²) in [4.78, 5) is 6.13. The van der Waals surface area contributed by atoms with E-state index in [1.807, 2.05) is 4.90 Å². The Balaban J connectivity index is 4.10. The zero-order valence-corrected chi connectivity index (χ0v) is 12.7. The van der Waals surface area contributed by atoms with E-state index in [2.05, 4.69) is 44.7 Å². The molecular weight excluding hydrogens is 228 g/mol. The van der Waals surface area contributed by atoms with E-state index < -0.39 is 8.07 Å². The molecule has 0 aliphatic heterocycles. The average molecular weight is 254 g/mol. The van der Waals surface area contributed by atoms with Crippen LogP contribution >= 0.6 is 0 Å². The number of ether oxygens (including phenoxy) is 1. The third-order valence-electron chi connectivity index (χ3n) is 2.34. The second-order valence-corrected chi connectivity index (χ2v) is 10.7. The van der Waals surface area contributed by atoms with Gasteiger partial charge < -0.3 is 9.64 Å². The summed E-state index contributed by atoms with van der Waals surface area (Å²) in [5, 5.41) is 0. The molecule has 0 aromatic carbocycles. The summed E-state index contributed by atoms with van der Waals surface area (Å²) >= 11 is 0. The molecule has 0 saturated carbocycles. The lowest BCUT2D eigenvalue weighted by Gasteiger charge is -2.22. The van der Waals surface area contributed by atoms with Crippen LogP contribution in [0.1, 0.15) is 13.3 Å². The Labute approximate surface area is 107 Å². The van der Waals surface area contributed by atoms with Crippen LogP contribution in [-0.4, -0.2) is 32.1 Å². The van der Waals surface area contributed by atoms with Crippen LogP contribution < -0.4 is 0 Å². The van der Waals surface area contributed by atoms with Gasteiger partial charge in [0.05, 0.1) is 0 Å². The Morgan fingerprint density at radius 2 is 2.00 bits per heavy atom. The quantitative estimate of drug-likeness (QED) is 0.217. The van der Waals surface area contributed by atoms with Crippen LogP contribution in [0.4, 0.5) is 0 Å². The maximum Gasteiger partial charge on any atom is 0.123 e. The van der Waals surface area contributed by atoms with Gasteiger partial charge in [-0.15, -0.1) is 0 Å². The molecule has 0 radical (unpaired) electrons. The van der Waals surface area contributed by atoms with Crippen LogP contribution in [0.2, 0.25) is 25.7 Å². The lowest BCUT2D eigenvalue weighted by Crippen LogP contribution is -2.29. The van der Waals surface area contributed by atoms with E-state index in [4.69, 9.17) is 4.74 Å². The summed E-state index contributed by atoms with van der Waals surface area (Å²) in [6.07, 6.45) is 4.15. The molecule has 3 nitrogen and oxygen atoms in total. The molecule has 0 aliphatic rings. The SMILES string of the molecule is C=C/N=C(\CC)N(C=C)COCC[Si](C)(C)C. The predicted octanol–water partition coefficient (Wildman–Crippen LogP) is 3.70. The van der Waals surface area contributed by atoms with E-state index in [0.29, 0.717) is 6.73 Å². The number of rotatable bonds is 8. The fourth-order valence-corrected chi connectivity index (χ4v) is 2.00. The molecule has 0 bridgehead atoms. The van der Waals surface area contributed by atoms with Gasteiger partial charge in [0.15, 0.2) is 0 Å². The summed E-state index contributed by atoms with van der Waals surface area (Å²) in [5.41, 5.74) is 0. The Kier molecular flexibility index (Phi) is 7.83. The first-order chi connectivity index (χ1) is 7.94. The molecule has 0 heterocycles. The molecule has 0 spiro atoms. The number of hydrogen-bond donors (Lipinski definition) is 0. The predicted molar refractivity (Wildman–Crippen MR) is 78.9 cm³/mol. The van der Waals surface area contributed by atoms with Crippen molar-refractivity contribution in [3.8, 4) is 0 Å². The van der Waals surface area contributed by atoms with Crippen molar-refractivity contribution >= 4 is 13.9 Å². The minimum absolute atomic E-state index is 0.522. The van der Waals surface area contributed by atoms with Crippen LogP contribution in [0.15, 0.2) is 30.6 Å². The minimum atomic E-state index is -1.01. The molecule has 0 amide bonds. The van der Waals surface area contributed by atoms with Crippen molar-refractivity contribution in [2.75, 3.05) is 13.3 Å². The normalized spacial score (nSPS) is 12.4. The van der Waals surface area contributed by atoms with Gasteiger partial charge in [0.25, 0.3) is 0 Å². The lowest BCUT2D eigenvalue weighted by molar-refractivity contribution is 0.0927. The number of nitrogens with zero attached hydrogens (tertiary/aromatic N) is 2. The van der Waals surface area contributed by atoms with Gasteiger partial charge in [-0.3, -0.25) is 0 Å². The largest absolute Gasteiger partial charge is 0.361 e. The zero-order chi connectivity index (χ0) is 13.3. The molecule has 17 heavy (non-hydrogen) atoms. The lowest BCUT2D eigenvalue weighted by atomic mass is 10.4. The highest BCUT2D eigenvalue weighted by Gasteiger charge is 2.12. The highest BCUT2D eigenvalue weighted by Crippen LogP contribution is 2.08. The highest BCUT2D eigenvalue weighted by molar-refractivity contribution is 6.76. The summed E-state index contributed by atoms with van der Waals surface area (Å²) in [6.45, 7) is 17.8. The second kappa shape index (κ2) is 8.25. The van der Waals surface area contributed by atoms with Gasteiger partial charge in [-0.05, 0) is 6.04 Å². The Morgan fingerprint density at radius 3 is 2.41 bits per heavy atom. The van der Waals surface area contributed by atoms with E-state index in [9.17, 15) is 0 Å². The molecule has 0 rings (SSSR count). The average Bonchev–Trinajstić information content (AvgIpc) is 2.25. The van der Waals surface area contributed by atoms with Gasteiger partial charge >= 0.3 is 0 Å². The standard InChI is InChI=1S/C13H26N2OSi/c1-7-13(14-8-2)15(9-3)12-16-10-11-17(4,5)6/h8-9H,2-3,7,10-12H2,1,4-6H3/b14-13+. The van der Waals surface area contributed by atoms with E-state index in [1.54, 1.807) is 12.4 Å². The van der Waals surface area contributed by atoms with Crippen LogP contribution in [0.3, 0.4) is 0 Å². The maximum absolute atomic E-state index is 5.67. The van der Waals surface area contributed by atoms with E-state index in [0.717, 1.165) is 18.9 Å². The van der Waals surface area contributed by atoms with Gasteiger partial charge in [-0.2, -0.15) is 0 Å². The summed E-state index contributed by atoms with van der Waals surface area (Å²) < 4.78 is 5.67. The molecule has 0 aromatic heterocycles. The first-order valence-electron chi connectivity index (χ1n) is 6.09. The number of hydrogen-bond acceptors (Lipinski definition) is 2. The first-order valence-corrected chi connectivity index (χ1v) is 9.80. The van der Waals surface area contributed by atoms with Gasteiger partial charge in [0.2, 0.25) is 0 Å². The van der Waals surface area contributed by atoms with Gasteiger partial charge in [-0.25, -0.2) is 4.99 Å². The Bertz CT molecular complexity index is 269. The van der Waals surface area contributed by atoms with E-state index >= 15 is 0 Å². The summed E-state index contributed by atoms with van der Waals surface area (Å²) in [7, 11) is -1.01. The summed E-state index contributed by atoms with van der Waals surface area (Å²) in [6, 6.07) is 1.18. The molecular formula is C13H26N2OSi. The number of aliphatic imine (C=N–C) groups is 1. The molecule has 0 aromatic rings. The third kappa shape index (κ3) is 7.93. The van der Waals surface area contributed by atoms with Crippen molar-refractivity contribution in [1.82, 2.24) is 4.90 Å². The minimum Gasteiger partial charge on any atom is -0.361 e. The first kappa shape index (κ1) is 16.1. The molecule has 0 fully saturated rings. The van der Waals surface area contributed by atoms with Crippen LogP contribution in [0.25, 0.3) is 0 Å². The fraction of sp³-hybridized carbons (Fsp3) is 0.615. The molecule has 0 N–H and O–H groups in total. The molecule has 0 unspecified atom stereocenters. The third-order valence-corrected chi connectivity index (χ3v) is 4.04. The van der Waals surface area contributed by atoms with Crippen molar-refractivity contribution in [2.45, 2.75) is 39.0 Å². The smallest absolute Gasteiger partial charge is 0.123 e. The maximum atomic E-state index is 5.67. The van der Waals surface area contributed by atoms with Crippen molar-refractivity contribution in [2.24, 2.45) is 4.99 Å². The number of amidine groups is 1. The van der Waals surface area contributed by atoms with Crippen molar-refractivity contribution in [3.63, 3.8) is 0 Å². The molecule has 0 atom stereocenters. The highest BCUT2D eigenvalue weighted by atomic mass is 28.3. The monoisotopic (exact) mass is 254 g/mol. The van der Waals surface area contributed by atoms with Crippen LogP contribution in [-0.2, 0) is 4.74 Å². The molecule has 4 heteroatoms. The Morgan fingerprint density at radius 1 is 1.35 bits per heavy atom. The molecule has 0 aliphatic carbocycles. The van der Waals surface area contributed by atoms with Crippen molar-refractivity contribution in [3.05, 3.63) is 25.6 Å². The van der Waals surface area contributed by atoms with Gasteiger partial charge in [0, 0.05) is 33.5 Å². The molecule has 98 valence electrons. The van der Waals surface area contributed by atoms with E-state index in [1.165, 1.54) is 6.04 Å². The zero-order valence-electron chi connectivity index (χ0n) is 11.7. The van der Waals surface area contributed by atoms with Gasteiger partial charge in [-0.1, -0.05) is 39.7 Å². The van der Waals surface area contributed by atoms with Crippen molar-refractivity contribution in [1.29, 1.82) is 0 Å². The van der Waals surface area contributed by atoms with Crippen LogP contribution in [0.5, 0.6) is 0 Å². The van der Waals surface area contributed by atoms with E-state index in [-0.39, 0.29) is 0 Å². The second-order valence-electron chi connectivity index (χ2n) is 5.08. The molecule has 0 saturated heterocycles.